The summed E-state index contributed by atoms with van der Waals surface area (Å²) in [6, 6.07) is 0. The molecule has 4 heterocycles. The van der Waals surface area contributed by atoms with Crippen molar-refractivity contribution in [2.24, 2.45) is 4.99 Å². The fraction of sp³-hybridized carbons (Fsp3) is 0.700. The van der Waals surface area contributed by atoms with Gasteiger partial charge in [0.05, 0.1) is 0 Å². The Hall–Kier alpha value is -0.605. The van der Waals surface area contributed by atoms with Gasteiger partial charge in [-0.15, -0.1) is 0 Å². The Labute approximate surface area is 133 Å². The van der Waals surface area contributed by atoms with Crippen LogP contribution in [0.4, 0.5) is 0 Å². The molecule has 12 heteroatoms. The fourth-order valence-corrected chi connectivity index (χ4v) is 4.65. The van der Waals surface area contributed by atoms with E-state index >= 15 is 0 Å². The zero-order chi connectivity index (χ0) is 15.5. The quantitative estimate of drug-likeness (QED) is 0.310. The van der Waals surface area contributed by atoms with Crippen LogP contribution < -0.4 is 10.6 Å². The third kappa shape index (κ3) is 2.30. The Bertz CT molecular complexity index is 563. The first-order chi connectivity index (χ1) is 10.5. The number of nitrogens with one attached hydrogen (secondary N) is 2. The van der Waals surface area contributed by atoms with E-state index in [4.69, 9.17) is 25.4 Å². The van der Waals surface area contributed by atoms with Gasteiger partial charge in [0.2, 0.25) is 0 Å². The van der Waals surface area contributed by atoms with Crippen LogP contribution >= 0.6 is 19.4 Å². The van der Waals surface area contributed by atoms with Gasteiger partial charge in [-0.05, 0) is 0 Å². The Kier molecular flexibility index (Phi) is 3.54. The van der Waals surface area contributed by atoms with Crippen LogP contribution in [0.2, 0.25) is 0 Å². The molecule has 4 N–H and O–H groups in total. The molecular weight excluding hydrogens is 333 g/mol. The Balaban J connectivity index is 1.56. The second kappa shape index (κ2) is 5.20. The van der Waals surface area contributed by atoms with Crippen LogP contribution in [0.3, 0.4) is 0 Å². The van der Waals surface area contributed by atoms with Crippen molar-refractivity contribution in [3.63, 3.8) is 0 Å². The summed E-state index contributed by atoms with van der Waals surface area (Å²) < 4.78 is 16.7. The molecule has 0 bridgehead atoms. The van der Waals surface area contributed by atoms with Crippen molar-refractivity contribution in [1.29, 1.82) is 0 Å². The number of hydrogen-bond donors (Lipinski definition) is 4. The molecule has 22 heavy (non-hydrogen) atoms. The molecule has 2 saturated heterocycles. The van der Waals surface area contributed by atoms with Crippen molar-refractivity contribution >= 4 is 32.2 Å². The van der Waals surface area contributed by atoms with Crippen molar-refractivity contribution in [2.45, 2.75) is 24.5 Å². The van der Waals surface area contributed by atoms with Crippen LogP contribution in [0.25, 0.3) is 0 Å². The summed E-state index contributed by atoms with van der Waals surface area (Å²) in [5.41, 5.74) is 0.692. The Morgan fingerprint density at radius 1 is 1.45 bits per heavy atom. The van der Waals surface area contributed by atoms with E-state index in [0.717, 1.165) is 5.82 Å². The maximum atomic E-state index is 10.6. The zero-order valence-electron chi connectivity index (χ0n) is 11.8. The van der Waals surface area contributed by atoms with Gasteiger partial charge in [-0.1, -0.05) is 0 Å². The summed E-state index contributed by atoms with van der Waals surface area (Å²) in [6.45, 7) is 1.01. The average molecular weight is 351 g/mol. The van der Waals surface area contributed by atoms with Crippen LogP contribution in [0.15, 0.2) is 16.5 Å². The Morgan fingerprint density at radius 2 is 2.27 bits per heavy atom. The molecule has 4 aliphatic rings. The van der Waals surface area contributed by atoms with Gasteiger partial charge in [0.15, 0.2) is 0 Å². The van der Waals surface area contributed by atoms with Crippen LogP contribution in [0.5, 0.6) is 0 Å². The summed E-state index contributed by atoms with van der Waals surface area (Å²) in [6.07, 6.45) is -2.53. The van der Waals surface area contributed by atoms with E-state index in [2.05, 4.69) is 15.6 Å². The topological polar surface area (TPSA) is 108 Å². The van der Waals surface area contributed by atoms with E-state index in [0.29, 0.717) is 24.2 Å². The zero-order valence-corrected chi connectivity index (χ0v) is 13.6. The average Bonchev–Trinajstić information content (AvgIpc) is 3.01. The molecule has 0 aromatic rings. The second-order valence-corrected chi connectivity index (χ2v) is 8.34. The van der Waals surface area contributed by atoms with Crippen LogP contribution in [0, 0.1) is 0 Å². The van der Waals surface area contributed by atoms with Gasteiger partial charge in [0, 0.05) is 0 Å². The minimum absolute atomic E-state index is 0.209. The number of aliphatic hydroxyl groups excluding tert-OH is 1. The second-order valence-electron chi connectivity index (χ2n) is 5.66. The number of nitrogens with zero attached hydrogens (tertiary/aromatic N) is 2. The van der Waals surface area contributed by atoms with E-state index in [-0.39, 0.29) is 6.61 Å². The summed E-state index contributed by atoms with van der Waals surface area (Å²) in [5.74, 6) is 0.743. The number of fused-ring (bicyclic) bond motifs is 1. The van der Waals surface area contributed by atoms with Crippen molar-refractivity contribution < 1.29 is 23.8 Å². The number of aliphatic hydroxyl groups is 1. The molecule has 4 aliphatic heterocycles. The molecule has 4 atom stereocenters. The van der Waals surface area contributed by atoms with E-state index in [1.54, 1.807) is 0 Å². The summed E-state index contributed by atoms with van der Waals surface area (Å²) in [7, 11) is -1.65. The maximum absolute atomic E-state index is 10.6. The molecule has 4 rings (SSSR count). The van der Waals surface area contributed by atoms with E-state index in [1.165, 1.54) is 7.57 Å². The standard InChI is InChI=1S/C10H17BClN4O5P/c11-22(18)19-1-4-7(21-22)6(17)10(20-4)16-3-15-5-8(12)13-2-14-9(5)16/h4,6-7,10,14-15,17-18,22H,1-3,11H2/t4?,6?,7-,10?/m1/s1. The van der Waals surface area contributed by atoms with Crippen molar-refractivity contribution in [3.05, 3.63) is 11.5 Å². The number of aliphatic imine (C=N–C) groups is 1. The molecule has 3 unspecified atom stereocenters. The van der Waals surface area contributed by atoms with Gasteiger partial charge < -0.3 is 0 Å². The Morgan fingerprint density at radius 3 is 3.09 bits per heavy atom. The predicted octanol–water partition coefficient (Wildman–Crippen LogP) is -2.25. The van der Waals surface area contributed by atoms with E-state index < -0.39 is 32.4 Å². The third-order valence-electron chi connectivity index (χ3n) is 4.11. The van der Waals surface area contributed by atoms with Crippen LogP contribution in [-0.4, -0.2) is 72.1 Å². The minimum atomic E-state index is -3.17. The molecule has 0 aromatic heterocycles. The number of ether oxygens (including phenoxy) is 1. The first kappa shape index (κ1) is 15.0. The molecule has 122 valence electrons. The molecule has 0 spiro atoms. The van der Waals surface area contributed by atoms with Crippen molar-refractivity contribution in [2.75, 3.05) is 19.9 Å². The summed E-state index contributed by atoms with van der Waals surface area (Å²) in [4.78, 5) is 15.9. The third-order valence-corrected chi connectivity index (χ3v) is 5.83. The monoisotopic (exact) mass is 350 g/mol. The van der Waals surface area contributed by atoms with Gasteiger partial charge in [0.25, 0.3) is 0 Å². The van der Waals surface area contributed by atoms with Crippen molar-refractivity contribution in [1.82, 2.24) is 15.5 Å². The van der Waals surface area contributed by atoms with E-state index in [1.807, 2.05) is 4.90 Å². The van der Waals surface area contributed by atoms with Crippen LogP contribution in [0.1, 0.15) is 0 Å². The molecule has 9 nitrogen and oxygen atoms in total. The van der Waals surface area contributed by atoms with Gasteiger partial charge >= 0.3 is 132 Å². The normalized spacial score (nSPS) is 41.2. The van der Waals surface area contributed by atoms with E-state index in [9.17, 15) is 10.00 Å². The number of halogens is 1. The summed E-state index contributed by atoms with van der Waals surface area (Å²) in [5, 5.41) is 17.2. The first-order valence-electron chi connectivity index (χ1n) is 7.03. The molecule has 0 aliphatic carbocycles. The molecule has 0 radical (unpaired) electrons. The fourth-order valence-electron chi connectivity index (χ4n) is 3.09. The summed E-state index contributed by atoms with van der Waals surface area (Å²) >= 11 is 6.07. The first-order valence-corrected chi connectivity index (χ1v) is 9.67. The SMILES string of the molecule is B[PH]1(O)OCC2OC(N3CNC4=C3NCN=C4Cl)C(O)[C@@H]2O1. The number of hydrogen-bond acceptors (Lipinski definition) is 9. The number of allylic oxidation sites excluding steroid dienone is 1. The molecule has 0 saturated carbocycles. The molecule has 0 amide bonds. The van der Waals surface area contributed by atoms with Crippen LogP contribution in [-0.2, 0) is 13.8 Å². The molecule has 0 aromatic carbocycles. The van der Waals surface area contributed by atoms with Gasteiger partial charge in [-0.25, -0.2) is 0 Å². The van der Waals surface area contributed by atoms with Gasteiger partial charge in [-0.3, -0.25) is 0 Å². The van der Waals surface area contributed by atoms with Gasteiger partial charge in [-0.2, -0.15) is 0 Å². The van der Waals surface area contributed by atoms with Gasteiger partial charge in [0.1, 0.15) is 0 Å². The van der Waals surface area contributed by atoms with Crippen molar-refractivity contribution in [3.8, 4) is 0 Å². The molecular formula is C10H17BClN4O5P. The number of rotatable bonds is 1. The molecule has 2 fully saturated rings. The predicted molar refractivity (Wildman–Crippen MR) is 82.7 cm³/mol.